The second-order valence-electron chi connectivity index (χ2n) is 8.17. The van der Waals surface area contributed by atoms with Crippen molar-refractivity contribution in [3.8, 4) is 17.2 Å². The van der Waals surface area contributed by atoms with Crippen molar-refractivity contribution < 1.29 is 9.84 Å². The summed E-state index contributed by atoms with van der Waals surface area (Å²) < 4.78 is 8.21. The van der Waals surface area contributed by atoms with Gasteiger partial charge in [0.25, 0.3) is 0 Å². The summed E-state index contributed by atoms with van der Waals surface area (Å²) in [7, 11) is 4.22. The molecule has 1 heterocycles. The molecule has 4 heteroatoms. The SMILES string of the molecule is CN(C)CCc1cn(-c2ccc(Oc3ccccc3)cc2)c2ccc(CCCO)cc12. The first-order valence-corrected chi connectivity index (χ1v) is 10.9. The molecule has 3 aromatic carbocycles. The summed E-state index contributed by atoms with van der Waals surface area (Å²) in [5.74, 6) is 1.66. The van der Waals surface area contributed by atoms with Crippen molar-refractivity contribution in [1.29, 1.82) is 0 Å². The number of likely N-dealkylation sites (N-methyl/N-ethyl adjacent to an activating group) is 1. The van der Waals surface area contributed by atoms with Crippen LogP contribution in [0.5, 0.6) is 11.5 Å². The van der Waals surface area contributed by atoms with Gasteiger partial charge < -0.3 is 19.3 Å². The summed E-state index contributed by atoms with van der Waals surface area (Å²) in [4.78, 5) is 2.22. The molecule has 0 fully saturated rings. The average Bonchev–Trinajstić information content (AvgIpc) is 3.15. The van der Waals surface area contributed by atoms with Gasteiger partial charge >= 0.3 is 0 Å². The van der Waals surface area contributed by atoms with Crippen LogP contribution in [0.4, 0.5) is 0 Å². The highest BCUT2D eigenvalue weighted by molar-refractivity contribution is 5.86. The predicted octanol–water partition coefficient (Wildman–Crippen LogP) is 5.45. The summed E-state index contributed by atoms with van der Waals surface area (Å²) in [5.41, 5.74) is 4.94. The monoisotopic (exact) mass is 414 g/mol. The number of aliphatic hydroxyl groups excluding tert-OH is 1. The standard InChI is InChI=1S/C27H30N2O2/c1-28(2)17-16-22-20-29(27-15-10-21(7-6-18-30)19-26(22)27)23-11-13-25(14-12-23)31-24-8-4-3-5-9-24/h3-5,8-15,19-20,30H,6-7,16-18H2,1-2H3. The molecule has 4 rings (SSSR count). The Labute approximate surface area is 184 Å². The maximum Gasteiger partial charge on any atom is 0.127 e. The molecule has 0 atom stereocenters. The summed E-state index contributed by atoms with van der Waals surface area (Å²) in [5, 5.41) is 10.5. The minimum absolute atomic E-state index is 0.226. The summed E-state index contributed by atoms with van der Waals surface area (Å²) in [6.45, 7) is 1.23. The van der Waals surface area contributed by atoms with Crippen LogP contribution in [-0.4, -0.2) is 41.8 Å². The molecule has 0 aliphatic carbocycles. The van der Waals surface area contributed by atoms with Gasteiger partial charge in [-0.25, -0.2) is 0 Å². The molecule has 0 aliphatic rings. The molecule has 0 amide bonds. The van der Waals surface area contributed by atoms with E-state index in [1.165, 1.54) is 22.0 Å². The average molecular weight is 415 g/mol. The first kappa shape index (κ1) is 21.2. The number of hydrogen-bond acceptors (Lipinski definition) is 3. The molecular formula is C27H30N2O2. The lowest BCUT2D eigenvalue weighted by molar-refractivity contribution is 0.288. The van der Waals surface area contributed by atoms with E-state index in [4.69, 9.17) is 4.74 Å². The van der Waals surface area contributed by atoms with Crippen molar-refractivity contribution in [2.75, 3.05) is 27.2 Å². The van der Waals surface area contributed by atoms with Crippen molar-refractivity contribution in [3.63, 3.8) is 0 Å². The van der Waals surface area contributed by atoms with E-state index in [0.717, 1.165) is 43.0 Å². The number of fused-ring (bicyclic) bond motifs is 1. The first-order valence-electron chi connectivity index (χ1n) is 10.9. The number of hydrogen-bond donors (Lipinski definition) is 1. The lowest BCUT2D eigenvalue weighted by atomic mass is 10.0. The van der Waals surface area contributed by atoms with Gasteiger partial charge in [-0.2, -0.15) is 0 Å². The minimum atomic E-state index is 0.226. The lowest BCUT2D eigenvalue weighted by Gasteiger charge is -2.09. The summed E-state index contributed by atoms with van der Waals surface area (Å²) in [6.07, 6.45) is 4.95. The van der Waals surface area contributed by atoms with E-state index in [-0.39, 0.29) is 6.61 Å². The quantitative estimate of drug-likeness (QED) is 0.396. The van der Waals surface area contributed by atoms with E-state index < -0.39 is 0 Å². The second kappa shape index (κ2) is 9.82. The minimum Gasteiger partial charge on any atom is -0.457 e. The number of aryl methyl sites for hydroxylation is 1. The number of aromatic nitrogens is 1. The van der Waals surface area contributed by atoms with Crippen molar-refractivity contribution >= 4 is 10.9 Å². The van der Waals surface area contributed by atoms with Crippen LogP contribution >= 0.6 is 0 Å². The normalized spacial score (nSPS) is 11.4. The maximum atomic E-state index is 9.19. The van der Waals surface area contributed by atoms with E-state index in [1.54, 1.807) is 0 Å². The Bertz CT molecular complexity index is 1120. The lowest BCUT2D eigenvalue weighted by Crippen LogP contribution is -2.14. The van der Waals surface area contributed by atoms with Crippen LogP contribution < -0.4 is 4.74 Å². The molecule has 4 nitrogen and oxygen atoms in total. The van der Waals surface area contributed by atoms with Crippen LogP contribution in [-0.2, 0) is 12.8 Å². The molecule has 0 saturated heterocycles. The van der Waals surface area contributed by atoms with Gasteiger partial charge in [0, 0.05) is 30.4 Å². The third-order valence-corrected chi connectivity index (χ3v) is 5.50. The second-order valence-corrected chi connectivity index (χ2v) is 8.17. The molecule has 0 radical (unpaired) electrons. The van der Waals surface area contributed by atoms with Crippen molar-refractivity contribution in [2.45, 2.75) is 19.3 Å². The molecule has 4 aromatic rings. The number of para-hydroxylation sites is 1. The highest BCUT2D eigenvalue weighted by Gasteiger charge is 2.12. The molecule has 1 N–H and O–H groups in total. The van der Waals surface area contributed by atoms with Crippen LogP contribution in [0.2, 0.25) is 0 Å². The van der Waals surface area contributed by atoms with E-state index in [2.05, 4.69) is 60.1 Å². The number of nitrogens with zero attached hydrogens (tertiary/aromatic N) is 2. The molecule has 0 saturated carbocycles. The Balaban J connectivity index is 1.65. The largest absolute Gasteiger partial charge is 0.457 e. The van der Waals surface area contributed by atoms with Gasteiger partial charge in [-0.1, -0.05) is 24.3 Å². The molecule has 0 aliphatic heterocycles. The van der Waals surface area contributed by atoms with Crippen LogP contribution in [0.1, 0.15) is 17.5 Å². The van der Waals surface area contributed by atoms with Crippen LogP contribution in [0.3, 0.4) is 0 Å². The van der Waals surface area contributed by atoms with E-state index in [1.807, 2.05) is 42.5 Å². The van der Waals surface area contributed by atoms with Crippen LogP contribution in [0.15, 0.2) is 79.0 Å². The van der Waals surface area contributed by atoms with Gasteiger partial charge in [-0.3, -0.25) is 0 Å². The zero-order valence-electron chi connectivity index (χ0n) is 18.3. The smallest absolute Gasteiger partial charge is 0.127 e. The van der Waals surface area contributed by atoms with Crippen molar-refractivity contribution in [3.05, 3.63) is 90.1 Å². The summed E-state index contributed by atoms with van der Waals surface area (Å²) in [6, 6.07) is 24.8. The fraction of sp³-hybridized carbons (Fsp3) is 0.259. The fourth-order valence-corrected chi connectivity index (χ4v) is 3.84. The summed E-state index contributed by atoms with van der Waals surface area (Å²) >= 11 is 0. The van der Waals surface area contributed by atoms with Crippen molar-refractivity contribution in [2.24, 2.45) is 0 Å². The predicted molar refractivity (Wildman–Crippen MR) is 127 cm³/mol. The Morgan fingerprint density at radius 2 is 1.61 bits per heavy atom. The Morgan fingerprint density at radius 3 is 2.32 bits per heavy atom. The molecule has 0 unspecified atom stereocenters. The Morgan fingerprint density at radius 1 is 0.871 bits per heavy atom. The molecule has 1 aromatic heterocycles. The molecule has 0 bridgehead atoms. The number of rotatable bonds is 9. The molecule has 0 spiro atoms. The van der Waals surface area contributed by atoms with E-state index >= 15 is 0 Å². The molecule has 31 heavy (non-hydrogen) atoms. The number of aliphatic hydroxyl groups is 1. The van der Waals surface area contributed by atoms with Gasteiger partial charge in [0.2, 0.25) is 0 Å². The van der Waals surface area contributed by atoms with Gasteiger partial charge in [-0.05, 0) is 93.0 Å². The van der Waals surface area contributed by atoms with Crippen LogP contribution in [0, 0.1) is 0 Å². The zero-order chi connectivity index (χ0) is 21.6. The Kier molecular flexibility index (Phi) is 6.70. The van der Waals surface area contributed by atoms with Crippen LogP contribution in [0.25, 0.3) is 16.6 Å². The molecular weight excluding hydrogens is 384 g/mol. The van der Waals surface area contributed by atoms with Crippen molar-refractivity contribution in [1.82, 2.24) is 9.47 Å². The Hall–Kier alpha value is -3.08. The van der Waals surface area contributed by atoms with Gasteiger partial charge in [-0.15, -0.1) is 0 Å². The third-order valence-electron chi connectivity index (χ3n) is 5.50. The highest BCUT2D eigenvalue weighted by atomic mass is 16.5. The number of benzene rings is 3. The van der Waals surface area contributed by atoms with E-state index in [0.29, 0.717) is 0 Å². The van der Waals surface area contributed by atoms with E-state index in [9.17, 15) is 5.11 Å². The first-order chi connectivity index (χ1) is 15.1. The van der Waals surface area contributed by atoms with Gasteiger partial charge in [0.15, 0.2) is 0 Å². The molecule has 160 valence electrons. The van der Waals surface area contributed by atoms with Gasteiger partial charge in [0.05, 0.1) is 5.52 Å². The zero-order valence-corrected chi connectivity index (χ0v) is 18.3. The number of ether oxygens (including phenoxy) is 1. The fourth-order valence-electron chi connectivity index (χ4n) is 3.84. The maximum absolute atomic E-state index is 9.19. The highest BCUT2D eigenvalue weighted by Crippen LogP contribution is 2.29. The van der Waals surface area contributed by atoms with Gasteiger partial charge in [0.1, 0.15) is 11.5 Å². The third kappa shape index (κ3) is 5.16. The topological polar surface area (TPSA) is 37.6 Å².